The van der Waals surface area contributed by atoms with E-state index in [4.69, 9.17) is 4.74 Å². The molecule has 0 rings (SSSR count). The van der Waals surface area contributed by atoms with Crippen LogP contribution in [-0.4, -0.2) is 24.2 Å². The molecule has 4 nitrogen and oxygen atoms in total. The van der Waals surface area contributed by atoms with Crippen molar-refractivity contribution in [1.29, 1.82) is 0 Å². The molecular formula is C9H17NO3. The Bertz CT molecular complexity index is 168. The average molecular weight is 187 g/mol. The highest BCUT2D eigenvalue weighted by Gasteiger charge is 2.11. The van der Waals surface area contributed by atoms with Gasteiger partial charge in [-0.25, -0.2) is 0 Å². The van der Waals surface area contributed by atoms with Gasteiger partial charge in [0.15, 0.2) is 0 Å². The second-order valence-corrected chi connectivity index (χ2v) is 2.80. The number of hydrogen-bond acceptors (Lipinski definition) is 3. The van der Waals surface area contributed by atoms with Gasteiger partial charge in [0.1, 0.15) is 6.10 Å². The van der Waals surface area contributed by atoms with E-state index in [1.54, 1.807) is 12.2 Å². The van der Waals surface area contributed by atoms with Gasteiger partial charge in [-0.15, -0.1) is 0 Å². The first-order chi connectivity index (χ1) is 6.20. The van der Waals surface area contributed by atoms with Gasteiger partial charge < -0.3 is 4.74 Å². The zero-order valence-electron chi connectivity index (χ0n) is 8.23. The van der Waals surface area contributed by atoms with Crippen LogP contribution in [0, 0.1) is 10.1 Å². The summed E-state index contributed by atoms with van der Waals surface area (Å²) in [6, 6.07) is 0. The molecule has 0 bridgehead atoms. The van der Waals surface area contributed by atoms with Crippen molar-refractivity contribution in [3.8, 4) is 0 Å². The van der Waals surface area contributed by atoms with E-state index in [0.29, 0.717) is 6.61 Å². The number of ether oxygens (including phenoxy) is 1. The van der Waals surface area contributed by atoms with Gasteiger partial charge >= 0.3 is 0 Å². The Morgan fingerprint density at radius 2 is 2.31 bits per heavy atom. The predicted molar refractivity (Wildman–Crippen MR) is 51.3 cm³/mol. The topological polar surface area (TPSA) is 52.4 Å². The normalized spacial score (nSPS) is 13.4. The van der Waals surface area contributed by atoms with Crippen molar-refractivity contribution in [1.82, 2.24) is 0 Å². The summed E-state index contributed by atoms with van der Waals surface area (Å²) >= 11 is 0. The molecule has 0 spiro atoms. The number of allylic oxidation sites excluding steroid dienone is 1. The third-order valence-corrected chi connectivity index (χ3v) is 1.57. The Kier molecular flexibility index (Phi) is 7.20. The highest BCUT2D eigenvalue weighted by molar-refractivity contribution is 4.86. The van der Waals surface area contributed by atoms with Crippen molar-refractivity contribution >= 4 is 0 Å². The molecule has 0 amide bonds. The van der Waals surface area contributed by atoms with Gasteiger partial charge in [0.05, 0.1) is 0 Å². The number of rotatable bonds is 7. The Hall–Kier alpha value is -0.900. The highest BCUT2D eigenvalue weighted by atomic mass is 16.6. The molecule has 0 aromatic heterocycles. The maximum Gasteiger partial charge on any atom is 0.233 e. The number of nitro groups is 1. The molecule has 0 unspecified atom stereocenters. The fourth-order valence-electron chi connectivity index (χ4n) is 0.910. The first-order valence-electron chi connectivity index (χ1n) is 4.57. The molecule has 0 aromatic carbocycles. The molecule has 0 aromatic rings. The van der Waals surface area contributed by atoms with Gasteiger partial charge in [-0.3, -0.25) is 10.1 Å². The minimum atomic E-state index is -0.369. The summed E-state index contributed by atoms with van der Waals surface area (Å²) in [7, 11) is 0. The molecule has 76 valence electrons. The Balaban J connectivity index is 3.73. The van der Waals surface area contributed by atoms with Crippen LogP contribution in [0.2, 0.25) is 0 Å². The molecule has 0 aliphatic rings. The van der Waals surface area contributed by atoms with Crippen LogP contribution in [-0.2, 0) is 4.74 Å². The maximum absolute atomic E-state index is 10.2. The smallest absolute Gasteiger partial charge is 0.233 e. The summed E-state index contributed by atoms with van der Waals surface area (Å²) in [6.07, 6.45) is 5.12. The summed E-state index contributed by atoms with van der Waals surface area (Å²) in [5.41, 5.74) is 0. The van der Waals surface area contributed by atoms with E-state index in [9.17, 15) is 10.1 Å². The molecule has 0 saturated carbocycles. The van der Waals surface area contributed by atoms with E-state index in [-0.39, 0.29) is 17.6 Å². The fourth-order valence-corrected chi connectivity index (χ4v) is 0.910. The van der Waals surface area contributed by atoms with E-state index >= 15 is 0 Å². The zero-order chi connectivity index (χ0) is 10.1. The SMILES string of the molecule is C/C=C/[C@H](C[N+](=O)[O-])OCCCC. The highest BCUT2D eigenvalue weighted by Crippen LogP contribution is 1.98. The van der Waals surface area contributed by atoms with E-state index in [0.717, 1.165) is 12.8 Å². The lowest BCUT2D eigenvalue weighted by molar-refractivity contribution is -0.488. The van der Waals surface area contributed by atoms with Crippen LogP contribution in [0.15, 0.2) is 12.2 Å². The summed E-state index contributed by atoms with van der Waals surface area (Å²) in [6.45, 7) is 4.34. The van der Waals surface area contributed by atoms with E-state index in [1.165, 1.54) is 0 Å². The second-order valence-electron chi connectivity index (χ2n) is 2.80. The predicted octanol–water partition coefficient (Wildman–Crippen LogP) is 2.02. The third-order valence-electron chi connectivity index (χ3n) is 1.57. The van der Waals surface area contributed by atoms with Crippen LogP contribution in [0.25, 0.3) is 0 Å². The van der Waals surface area contributed by atoms with Gasteiger partial charge in [0.2, 0.25) is 6.54 Å². The largest absolute Gasteiger partial charge is 0.367 e. The summed E-state index contributed by atoms with van der Waals surface area (Å²) < 4.78 is 5.31. The molecule has 0 fully saturated rings. The minimum Gasteiger partial charge on any atom is -0.367 e. The van der Waals surface area contributed by atoms with Crippen molar-refractivity contribution in [2.45, 2.75) is 32.8 Å². The van der Waals surface area contributed by atoms with E-state index < -0.39 is 0 Å². The van der Waals surface area contributed by atoms with Crippen LogP contribution < -0.4 is 0 Å². The van der Waals surface area contributed by atoms with Crippen LogP contribution in [0.5, 0.6) is 0 Å². The van der Waals surface area contributed by atoms with Gasteiger partial charge in [-0.05, 0) is 13.3 Å². The van der Waals surface area contributed by atoms with Gasteiger partial charge in [0, 0.05) is 11.5 Å². The summed E-state index contributed by atoms with van der Waals surface area (Å²) in [4.78, 5) is 9.86. The van der Waals surface area contributed by atoms with Crippen LogP contribution >= 0.6 is 0 Å². The Morgan fingerprint density at radius 3 is 2.77 bits per heavy atom. The Labute approximate surface area is 78.7 Å². The molecule has 13 heavy (non-hydrogen) atoms. The first-order valence-corrected chi connectivity index (χ1v) is 4.57. The van der Waals surface area contributed by atoms with Crippen LogP contribution in [0.1, 0.15) is 26.7 Å². The first kappa shape index (κ1) is 12.1. The molecule has 0 aliphatic carbocycles. The summed E-state index contributed by atoms with van der Waals surface area (Å²) in [5, 5.41) is 10.2. The van der Waals surface area contributed by atoms with Crippen LogP contribution in [0.3, 0.4) is 0 Å². The zero-order valence-corrected chi connectivity index (χ0v) is 8.23. The third kappa shape index (κ3) is 7.46. The van der Waals surface area contributed by atoms with E-state index in [2.05, 4.69) is 6.92 Å². The molecule has 0 N–H and O–H groups in total. The number of nitrogens with zero attached hydrogens (tertiary/aromatic N) is 1. The lowest BCUT2D eigenvalue weighted by Crippen LogP contribution is -2.21. The molecule has 0 aliphatic heterocycles. The minimum absolute atomic E-state index is 0.145. The van der Waals surface area contributed by atoms with Gasteiger partial charge in [-0.2, -0.15) is 0 Å². The molecule has 0 heterocycles. The standard InChI is InChI=1S/C9H17NO3/c1-3-5-7-13-9(6-4-2)8-10(11)12/h4,6,9H,3,5,7-8H2,1-2H3/b6-4+/t9-/m1/s1. The molecule has 4 heteroatoms. The quantitative estimate of drug-likeness (QED) is 0.265. The van der Waals surface area contributed by atoms with Crippen molar-refractivity contribution in [2.24, 2.45) is 0 Å². The maximum atomic E-state index is 10.2. The van der Waals surface area contributed by atoms with E-state index in [1.807, 2.05) is 6.92 Å². The second kappa shape index (κ2) is 7.73. The lowest BCUT2D eigenvalue weighted by atomic mass is 10.3. The van der Waals surface area contributed by atoms with Crippen LogP contribution in [0.4, 0.5) is 0 Å². The molecule has 1 atom stereocenters. The van der Waals surface area contributed by atoms with Gasteiger partial charge in [0.25, 0.3) is 0 Å². The van der Waals surface area contributed by atoms with Gasteiger partial charge in [-0.1, -0.05) is 25.5 Å². The van der Waals surface area contributed by atoms with Crippen molar-refractivity contribution in [3.05, 3.63) is 22.3 Å². The lowest BCUT2D eigenvalue weighted by Gasteiger charge is -2.08. The van der Waals surface area contributed by atoms with Crippen molar-refractivity contribution in [2.75, 3.05) is 13.2 Å². The fraction of sp³-hybridized carbons (Fsp3) is 0.778. The molecule has 0 radical (unpaired) electrons. The molecular weight excluding hydrogens is 170 g/mol. The Morgan fingerprint density at radius 1 is 1.62 bits per heavy atom. The molecule has 0 saturated heterocycles. The monoisotopic (exact) mass is 187 g/mol. The number of unbranched alkanes of at least 4 members (excludes halogenated alkanes) is 1. The number of hydrogen-bond donors (Lipinski definition) is 0. The average Bonchev–Trinajstić information content (AvgIpc) is 2.04. The van der Waals surface area contributed by atoms with Crippen molar-refractivity contribution < 1.29 is 9.66 Å². The summed E-state index contributed by atoms with van der Waals surface area (Å²) in [5.74, 6) is 0. The van der Waals surface area contributed by atoms with Crippen molar-refractivity contribution in [3.63, 3.8) is 0 Å².